The van der Waals surface area contributed by atoms with E-state index in [0.717, 1.165) is 18.4 Å². The zero-order chi connectivity index (χ0) is 14.4. The van der Waals surface area contributed by atoms with E-state index in [9.17, 15) is 15.0 Å². The van der Waals surface area contributed by atoms with Crippen LogP contribution >= 0.6 is 0 Å². The Hall–Kier alpha value is -1.55. The highest BCUT2D eigenvalue weighted by Gasteiger charge is 2.20. The molecule has 1 aliphatic rings. The van der Waals surface area contributed by atoms with Gasteiger partial charge in [0.2, 0.25) is 5.91 Å². The molecule has 0 bridgehead atoms. The molecule has 1 aromatic carbocycles. The molecule has 110 valence electrons. The summed E-state index contributed by atoms with van der Waals surface area (Å²) in [7, 11) is 0. The number of carbonyl (C=O) groups excluding carboxylic acids is 1. The number of hydrogen-bond acceptors (Lipinski definition) is 3. The number of aliphatic hydroxyl groups is 1. The molecule has 4 nitrogen and oxygen atoms in total. The Morgan fingerprint density at radius 2 is 1.90 bits per heavy atom. The summed E-state index contributed by atoms with van der Waals surface area (Å²) in [4.78, 5) is 12.0. The van der Waals surface area contributed by atoms with Gasteiger partial charge in [-0.3, -0.25) is 4.79 Å². The molecular formula is C16H23NO3. The third kappa shape index (κ3) is 4.53. The second-order valence-electron chi connectivity index (χ2n) is 5.67. The van der Waals surface area contributed by atoms with Crippen LogP contribution in [-0.2, 0) is 11.2 Å². The average molecular weight is 277 g/mol. The second-order valence-corrected chi connectivity index (χ2v) is 5.67. The molecule has 0 aliphatic heterocycles. The summed E-state index contributed by atoms with van der Waals surface area (Å²) < 4.78 is 0. The van der Waals surface area contributed by atoms with E-state index in [1.165, 1.54) is 12.8 Å². The standard InChI is InChI=1S/C16H23NO3/c18-11-14(9-13-5-7-15(19)8-6-13)17-16(20)10-12-3-1-2-4-12/h5-8,12,14,18-19H,1-4,9-11H2,(H,17,20)/t14-/m0/s1. The van der Waals surface area contributed by atoms with Crippen molar-refractivity contribution in [2.45, 2.75) is 44.6 Å². The number of amides is 1. The lowest BCUT2D eigenvalue weighted by Gasteiger charge is -2.18. The van der Waals surface area contributed by atoms with Gasteiger partial charge in [0, 0.05) is 6.42 Å². The number of phenolic OH excluding ortho intramolecular Hbond substituents is 1. The number of phenols is 1. The number of carbonyl (C=O) groups is 1. The van der Waals surface area contributed by atoms with Crippen molar-refractivity contribution in [1.82, 2.24) is 5.32 Å². The minimum absolute atomic E-state index is 0.0368. The van der Waals surface area contributed by atoms with Crippen LogP contribution in [0.5, 0.6) is 5.75 Å². The van der Waals surface area contributed by atoms with Crippen LogP contribution in [0.2, 0.25) is 0 Å². The fraction of sp³-hybridized carbons (Fsp3) is 0.562. The number of rotatable bonds is 6. The van der Waals surface area contributed by atoms with Crippen molar-refractivity contribution >= 4 is 5.91 Å². The van der Waals surface area contributed by atoms with E-state index in [4.69, 9.17) is 0 Å². The first-order valence-corrected chi connectivity index (χ1v) is 7.35. The van der Waals surface area contributed by atoms with Crippen molar-refractivity contribution in [2.24, 2.45) is 5.92 Å². The first kappa shape index (κ1) is 14.9. The SMILES string of the molecule is O=C(CC1CCCC1)N[C@H](CO)Cc1ccc(O)cc1. The van der Waals surface area contributed by atoms with Gasteiger partial charge in [0.15, 0.2) is 0 Å². The highest BCUT2D eigenvalue weighted by molar-refractivity contribution is 5.76. The molecule has 0 spiro atoms. The predicted molar refractivity (Wildman–Crippen MR) is 77.4 cm³/mol. The Morgan fingerprint density at radius 3 is 2.50 bits per heavy atom. The van der Waals surface area contributed by atoms with Gasteiger partial charge in [-0.25, -0.2) is 0 Å². The monoisotopic (exact) mass is 277 g/mol. The van der Waals surface area contributed by atoms with Crippen LogP contribution < -0.4 is 5.32 Å². The molecule has 2 rings (SSSR count). The molecule has 0 unspecified atom stereocenters. The molecule has 1 fully saturated rings. The maximum Gasteiger partial charge on any atom is 0.220 e. The Balaban J connectivity index is 1.81. The molecule has 0 heterocycles. The minimum atomic E-state index is -0.256. The molecular weight excluding hydrogens is 254 g/mol. The minimum Gasteiger partial charge on any atom is -0.508 e. The van der Waals surface area contributed by atoms with E-state index >= 15 is 0 Å². The molecule has 1 saturated carbocycles. The number of nitrogens with one attached hydrogen (secondary N) is 1. The molecule has 20 heavy (non-hydrogen) atoms. The van der Waals surface area contributed by atoms with Crippen LogP contribution in [0.1, 0.15) is 37.7 Å². The van der Waals surface area contributed by atoms with Crippen LogP contribution in [-0.4, -0.2) is 28.8 Å². The molecule has 0 saturated heterocycles. The van der Waals surface area contributed by atoms with E-state index in [1.807, 2.05) is 0 Å². The van der Waals surface area contributed by atoms with Gasteiger partial charge >= 0.3 is 0 Å². The van der Waals surface area contributed by atoms with Crippen molar-refractivity contribution in [2.75, 3.05) is 6.61 Å². The number of aromatic hydroxyl groups is 1. The van der Waals surface area contributed by atoms with Crippen LogP contribution in [0.4, 0.5) is 0 Å². The lowest BCUT2D eigenvalue weighted by Crippen LogP contribution is -2.39. The average Bonchev–Trinajstić information content (AvgIpc) is 2.93. The third-order valence-electron chi connectivity index (χ3n) is 3.95. The predicted octanol–water partition coefficient (Wildman–Crippen LogP) is 1.99. The summed E-state index contributed by atoms with van der Waals surface area (Å²) in [6.45, 7) is -0.0721. The van der Waals surface area contributed by atoms with Crippen LogP contribution in [0.3, 0.4) is 0 Å². The molecule has 1 aliphatic carbocycles. The Bertz CT molecular complexity index is 424. The lowest BCUT2D eigenvalue weighted by molar-refractivity contribution is -0.123. The highest BCUT2D eigenvalue weighted by atomic mass is 16.3. The van der Waals surface area contributed by atoms with Crippen molar-refractivity contribution in [3.05, 3.63) is 29.8 Å². The summed E-state index contributed by atoms with van der Waals surface area (Å²) in [5.74, 6) is 0.775. The van der Waals surface area contributed by atoms with Crippen LogP contribution in [0.15, 0.2) is 24.3 Å². The van der Waals surface area contributed by atoms with E-state index in [0.29, 0.717) is 18.8 Å². The normalized spacial score (nSPS) is 17.1. The summed E-state index contributed by atoms with van der Waals surface area (Å²) in [6, 6.07) is 6.59. The molecule has 3 N–H and O–H groups in total. The van der Waals surface area contributed by atoms with E-state index in [-0.39, 0.29) is 24.3 Å². The van der Waals surface area contributed by atoms with E-state index in [1.54, 1.807) is 24.3 Å². The number of aliphatic hydroxyl groups excluding tert-OH is 1. The number of benzene rings is 1. The van der Waals surface area contributed by atoms with Gasteiger partial charge in [0.25, 0.3) is 0 Å². The Morgan fingerprint density at radius 1 is 1.25 bits per heavy atom. The van der Waals surface area contributed by atoms with E-state index < -0.39 is 0 Å². The maximum atomic E-state index is 12.0. The molecule has 4 heteroatoms. The number of hydrogen-bond donors (Lipinski definition) is 3. The van der Waals surface area contributed by atoms with Crippen molar-refractivity contribution < 1.29 is 15.0 Å². The van der Waals surface area contributed by atoms with Gasteiger partial charge in [-0.2, -0.15) is 0 Å². The van der Waals surface area contributed by atoms with Crippen molar-refractivity contribution in [3.63, 3.8) is 0 Å². The van der Waals surface area contributed by atoms with Crippen molar-refractivity contribution in [3.8, 4) is 5.75 Å². The van der Waals surface area contributed by atoms with Gasteiger partial charge in [-0.15, -0.1) is 0 Å². The highest BCUT2D eigenvalue weighted by Crippen LogP contribution is 2.27. The zero-order valence-corrected chi connectivity index (χ0v) is 11.7. The van der Waals surface area contributed by atoms with Crippen molar-refractivity contribution in [1.29, 1.82) is 0 Å². The Labute approximate surface area is 119 Å². The molecule has 0 aromatic heterocycles. The summed E-state index contributed by atoms with van der Waals surface area (Å²) in [5.41, 5.74) is 0.989. The molecule has 0 radical (unpaired) electrons. The molecule has 1 atom stereocenters. The van der Waals surface area contributed by atoms with Gasteiger partial charge in [0.1, 0.15) is 5.75 Å². The van der Waals surface area contributed by atoms with Crippen LogP contribution in [0, 0.1) is 5.92 Å². The molecule has 1 amide bonds. The summed E-state index contributed by atoms with van der Waals surface area (Å²) in [6.07, 6.45) is 5.91. The summed E-state index contributed by atoms with van der Waals surface area (Å²) in [5, 5.41) is 21.5. The smallest absolute Gasteiger partial charge is 0.220 e. The zero-order valence-electron chi connectivity index (χ0n) is 11.7. The van der Waals surface area contributed by atoms with E-state index in [2.05, 4.69) is 5.32 Å². The Kier molecular flexibility index (Phi) is 5.41. The van der Waals surface area contributed by atoms with Crippen LogP contribution in [0.25, 0.3) is 0 Å². The first-order chi connectivity index (χ1) is 9.67. The summed E-state index contributed by atoms with van der Waals surface area (Å²) >= 11 is 0. The fourth-order valence-electron chi connectivity index (χ4n) is 2.84. The lowest BCUT2D eigenvalue weighted by atomic mass is 10.0. The third-order valence-corrected chi connectivity index (χ3v) is 3.95. The van der Waals surface area contributed by atoms with Gasteiger partial charge in [0.05, 0.1) is 12.6 Å². The maximum absolute atomic E-state index is 12.0. The topological polar surface area (TPSA) is 69.6 Å². The van der Waals surface area contributed by atoms with Gasteiger partial charge < -0.3 is 15.5 Å². The largest absolute Gasteiger partial charge is 0.508 e. The molecule has 1 aromatic rings. The van der Waals surface area contributed by atoms with Gasteiger partial charge in [-0.1, -0.05) is 25.0 Å². The first-order valence-electron chi connectivity index (χ1n) is 7.35. The second kappa shape index (κ2) is 7.29. The fourth-order valence-corrected chi connectivity index (χ4v) is 2.84. The quantitative estimate of drug-likeness (QED) is 0.745. The van der Waals surface area contributed by atoms with Gasteiger partial charge in [-0.05, 0) is 42.9 Å².